The van der Waals surface area contributed by atoms with Gasteiger partial charge in [0.15, 0.2) is 6.61 Å². The largest absolute Gasteiger partial charge is 0.452 e. The van der Waals surface area contributed by atoms with Crippen LogP contribution in [0.25, 0.3) is 0 Å². The van der Waals surface area contributed by atoms with Crippen LogP contribution in [0.2, 0.25) is 10.0 Å². The van der Waals surface area contributed by atoms with E-state index in [0.29, 0.717) is 10.7 Å². The molecule has 0 bridgehead atoms. The summed E-state index contributed by atoms with van der Waals surface area (Å²) >= 11 is 11.6. The van der Waals surface area contributed by atoms with Crippen molar-refractivity contribution < 1.29 is 18.8 Å². The molecule has 0 radical (unpaired) electrons. The summed E-state index contributed by atoms with van der Waals surface area (Å²) in [7, 11) is 0. The Bertz CT molecular complexity index is 685. The van der Waals surface area contributed by atoms with Crippen molar-refractivity contribution in [1.82, 2.24) is 5.16 Å². The second-order valence-electron chi connectivity index (χ2n) is 4.08. The topological polar surface area (TPSA) is 81.4 Å². The van der Waals surface area contributed by atoms with Gasteiger partial charge in [-0.05, 0) is 25.1 Å². The fraction of sp³-hybridized carbons (Fsp3) is 0.154. The first-order valence-electron chi connectivity index (χ1n) is 5.81. The highest BCUT2D eigenvalue weighted by atomic mass is 35.5. The number of anilines is 1. The molecule has 8 heteroatoms. The Morgan fingerprint density at radius 1 is 1.33 bits per heavy atom. The third-order valence-corrected chi connectivity index (χ3v) is 2.92. The van der Waals surface area contributed by atoms with Crippen LogP contribution >= 0.6 is 23.2 Å². The number of hydrogen-bond acceptors (Lipinski definition) is 5. The van der Waals surface area contributed by atoms with E-state index < -0.39 is 18.5 Å². The molecule has 1 aromatic heterocycles. The van der Waals surface area contributed by atoms with Crippen molar-refractivity contribution >= 4 is 41.0 Å². The van der Waals surface area contributed by atoms with Gasteiger partial charge >= 0.3 is 5.97 Å². The number of carbonyl (C=O) groups is 2. The Hall–Kier alpha value is -2.05. The zero-order chi connectivity index (χ0) is 15.4. The minimum absolute atomic E-state index is 0.129. The van der Waals surface area contributed by atoms with Gasteiger partial charge in [0, 0.05) is 11.1 Å². The van der Waals surface area contributed by atoms with Crippen molar-refractivity contribution in [2.75, 3.05) is 11.9 Å². The number of ether oxygens (including phenoxy) is 1. The fourth-order valence-electron chi connectivity index (χ4n) is 1.46. The summed E-state index contributed by atoms with van der Waals surface area (Å²) in [6.07, 6.45) is 0. The summed E-state index contributed by atoms with van der Waals surface area (Å²) in [5.41, 5.74) is 0.750. The van der Waals surface area contributed by atoms with Crippen molar-refractivity contribution in [1.29, 1.82) is 0 Å². The standard InChI is InChI=1S/C13H10Cl2N2O4/c1-7-4-12(21-17-7)16-11(18)6-20-13(19)9-3-2-8(14)5-10(9)15/h2-5H,6H2,1H3,(H,16,18). The fourth-order valence-corrected chi connectivity index (χ4v) is 1.95. The highest BCUT2D eigenvalue weighted by Crippen LogP contribution is 2.21. The normalized spacial score (nSPS) is 10.2. The third kappa shape index (κ3) is 4.21. The molecule has 0 fully saturated rings. The molecule has 6 nitrogen and oxygen atoms in total. The van der Waals surface area contributed by atoms with Crippen molar-refractivity contribution in [2.45, 2.75) is 6.92 Å². The Labute approximate surface area is 130 Å². The molecular formula is C13H10Cl2N2O4. The van der Waals surface area contributed by atoms with Crippen molar-refractivity contribution in [3.05, 3.63) is 45.6 Å². The maximum atomic E-state index is 11.8. The molecule has 21 heavy (non-hydrogen) atoms. The molecule has 110 valence electrons. The smallest absolute Gasteiger partial charge is 0.340 e. The van der Waals surface area contributed by atoms with Crippen LogP contribution in [0.15, 0.2) is 28.8 Å². The van der Waals surface area contributed by atoms with E-state index in [1.165, 1.54) is 24.3 Å². The second-order valence-corrected chi connectivity index (χ2v) is 4.92. The highest BCUT2D eigenvalue weighted by Gasteiger charge is 2.14. The first-order valence-corrected chi connectivity index (χ1v) is 6.56. The lowest BCUT2D eigenvalue weighted by Crippen LogP contribution is -2.20. The van der Waals surface area contributed by atoms with E-state index in [2.05, 4.69) is 10.5 Å². The lowest BCUT2D eigenvalue weighted by atomic mass is 10.2. The Morgan fingerprint density at radius 3 is 2.71 bits per heavy atom. The lowest BCUT2D eigenvalue weighted by molar-refractivity contribution is -0.119. The Morgan fingerprint density at radius 2 is 2.10 bits per heavy atom. The average molecular weight is 329 g/mol. The first kappa shape index (κ1) is 15.3. The van der Waals surface area contributed by atoms with Gasteiger partial charge in [-0.15, -0.1) is 0 Å². The van der Waals surface area contributed by atoms with Gasteiger partial charge in [-0.25, -0.2) is 4.79 Å². The van der Waals surface area contributed by atoms with Crippen LogP contribution in [0, 0.1) is 6.92 Å². The Kier molecular flexibility index (Phi) is 4.82. The molecule has 0 atom stereocenters. The number of nitrogens with one attached hydrogen (secondary N) is 1. The maximum Gasteiger partial charge on any atom is 0.340 e. The molecule has 2 aromatic rings. The van der Waals surface area contributed by atoms with Crippen LogP contribution in [0.1, 0.15) is 16.1 Å². The van der Waals surface area contributed by atoms with Crippen LogP contribution in [-0.2, 0) is 9.53 Å². The van der Waals surface area contributed by atoms with Crippen LogP contribution in [0.4, 0.5) is 5.88 Å². The van der Waals surface area contributed by atoms with Gasteiger partial charge in [-0.1, -0.05) is 28.4 Å². The van der Waals surface area contributed by atoms with E-state index in [9.17, 15) is 9.59 Å². The quantitative estimate of drug-likeness (QED) is 0.872. The minimum atomic E-state index is -0.722. The number of hydrogen-bond donors (Lipinski definition) is 1. The molecule has 1 amide bonds. The number of nitrogens with zero attached hydrogens (tertiary/aromatic N) is 1. The predicted molar refractivity (Wildman–Crippen MR) is 76.6 cm³/mol. The van der Waals surface area contributed by atoms with E-state index in [1.54, 1.807) is 6.92 Å². The molecule has 0 spiro atoms. The van der Waals surface area contributed by atoms with Crippen LogP contribution in [0.5, 0.6) is 0 Å². The molecule has 0 saturated carbocycles. The first-order chi connectivity index (χ1) is 9.95. The average Bonchev–Trinajstić information content (AvgIpc) is 2.81. The van der Waals surface area contributed by atoms with Crippen molar-refractivity contribution in [3.63, 3.8) is 0 Å². The summed E-state index contributed by atoms with van der Waals surface area (Å²) in [6.45, 7) is 1.24. The molecule has 1 N–H and O–H groups in total. The number of carbonyl (C=O) groups excluding carboxylic acids is 2. The zero-order valence-corrected chi connectivity index (χ0v) is 12.4. The van der Waals surface area contributed by atoms with Gasteiger partial charge in [0.1, 0.15) is 0 Å². The minimum Gasteiger partial charge on any atom is -0.452 e. The molecule has 2 rings (SSSR count). The van der Waals surface area contributed by atoms with Crippen LogP contribution in [-0.4, -0.2) is 23.6 Å². The molecule has 0 unspecified atom stereocenters. The molecule has 0 saturated heterocycles. The van der Waals surface area contributed by atoms with Crippen molar-refractivity contribution in [2.24, 2.45) is 0 Å². The summed E-state index contributed by atoms with van der Waals surface area (Å²) in [6, 6.07) is 5.87. The number of rotatable bonds is 4. The third-order valence-electron chi connectivity index (χ3n) is 2.38. The number of halogens is 2. The monoisotopic (exact) mass is 328 g/mol. The molecule has 0 aliphatic rings. The van der Waals surface area contributed by atoms with Crippen molar-refractivity contribution in [3.8, 4) is 0 Å². The molecule has 0 aliphatic carbocycles. The maximum absolute atomic E-state index is 11.8. The number of aromatic nitrogens is 1. The van der Waals surface area contributed by atoms with E-state index >= 15 is 0 Å². The van der Waals surface area contributed by atoms with Gasteiger partial charge in [-0.3, -0.25) is 10.1 Å². The van der Waals surface area contributed by atoms with E-state index in [0.717, 1.165) is 0 Å². The second kappa shape index (κ2) is 6.60. The number of esters is 1. The Balaban J connectivity index is 1.90. The van der Waals surface area contributed by atoms with Crippen LogP contribution in [0.3, 0.4) is 0 Å². The predicted octanol–water partition coefficient (Wildman–Crippen LogP) is 3.09. The SMILES string of the molecule is Cc1cc(NC(=O)COC(=O)c2ccc(Cl)cc2Cl)on1. The molecule has 0 aliphatic heterocycles. The highest BCUT2D eigenvalue weighted by molar-refractivity contribution is 6.36. The molecule has 1 aromatic carbocycles. The van der Waals surface area contributed by atoms with Gasteiger partial charge in [-0.2, -0.15) is 0 Å². The van der Waals surface area contributed by atoms with E-state index in [4.69, 9.17) is 32.5 Å². The summed E-state index contributed by atoms with van der Waals surface area (Å²) in [5.74, 6) is -1.09. The number of amides is 1. The number of benzene rings is 1. The van der Waals surface area contributed by atoms with E-state index in [-0.39, 0.29) is 16.5 Å². The summed E-state index contributed by atoms with van der Waals surface area (Å²) in [5, 5.41) is 6.55. The zero-order valence-electron chi connectivity index (χ0n) is 10.9. The van der Waals surface area contributed by atoms with Crippen LogP contribution < -0.4 is 5.32 Å². The number of aryl methyl sites for hydroxylation is 1. The van der Waals surface area contributed by atoms with Gasteiger partial charge in [0.2, 0.25) is 5.88 Å². The lowest BCUT2D eigenvalue weighted by Gasteiger charge is -2.06. The van der Waals surface area contributed by atoms with Gasteiger partial charge < -0.3 is 9.26 Å². The molecular weight excluding hydrogens is 319 g/mol. The summed E-state index contributed by atoms with van der Waals surface area (Å²) < 4.78 is 9.65. The molecule has 1 heterocycles. The summed E-state index contributed by atoms with van der Waals surface area (Å²) in [4.78, 5) is 23.3. The van der Waals surface area contributed by atoms with E-state index in [1.807, 2.05) is 0 Å². The van der Waals surface area contributed by atoms with Gasteiger partial charge in [0.25, 0.3) is 5.91 Å². The van der Waals surface area contributed by atoms with Gasteiger partial charge in [0.05, 0.1) is 16.3 Å².